The summed E-state index contributed by atoms with van der Waals surface area (Å²) < 4.78 is 16.8. The van der Waals surface area contributed by atoms with Crippen molar-refractivity contribution in [1.29, 1.82) is 0 Å². The van der Waals surface area contributed by atoms with E-state index in [0.717, 1.165) is 0 Å². The molecule has 0 saturated carbocycles. The fourth-order valence-corrected chi connectivity index (χ4v) is 4.26. The minimum Gasteiger partial charge on any atom is -0.462 e. The van der Waals surface area contributed by atoms with Gasteiger partial charge in [-0.2, -0.15) is 0 Å². The Bertz CT molecular complexity index is 787. The summed E-state index contributed by atoms with van der Waals surface area (Å²) in [5, 5.41) is 70.9. The van der Waals surface area contributed by atoms with Gasteiger partial charge >= 0.3 is 0 Å². The van der Waals surface area contributed by atoms with Crippen LogP contribution in [0.2, 0.25) is 0 Å². The maximum absolute atomic E-state index is 12.0. The molecule has 33 heavy (non-hydrogen) atoms. The Morgan fingerprint density at radius 1 is 0.879 bits per heavy atom. The number of Topliss-reactive ketones (excluding diaryl/α,β-unsaturated/α-hetero) is 1. The maximum Gasteiger partial charge on any atom is 0.226 e. The van der Waals surface area contributed by atoms with E-state index in [2.05, 4.69) is 0 Å². The number of carbonyl (C=O) groups excluding carboxylic acids is 1. The molecule has 2 aliphatic rings. The van der Waals surface area contributed by atoms with Crippen LogP contribution < -0.4 is 4.74 Å². The molecule has 3 rings (SSSR count). The Kier molecular flexibility index (Phi) is 8.78. The zero-order valence-electron chi connectivity index (χ0n) is 18.2. The van der Waals surface area contributed by atoms with E-state index >= 15 is 0 Å². The zero-order valence-corrected chi connectivity index (χ0v) is 18.2. The molecule has 1 aromatic carbocycles. The van der Waals surface area contributed by atoms with Crippen LogP contribution in [0.15, 0.2) is 24.3 Å². The molecule has 0 aromatic heterocycles. The molecule has 0 unspecified atom stereocenters. The minimum absolute atomic E-state index is 0.102. The molecule has 0 spiro atoms. The molecular weight excluding hydrogens is 440 g/mol. The summed E-state index contributed by atoms with van der Waals surface area (Å²) in [5.74, 6) is -0.893. The van der Waals surface area contributed by atoms with E-state index in [1.807, 2.05) is 0 Å². The highest BCUT2D eigenvalue weighted by atomic mass is 16.7. The van der Waals surface area contributed by atoms with Crippen LogP contribution >= 0.6 is 0 Å². The van der Waals surface area contributed by atoms with E-state index < -0.39 is 74.3 Å². The molecule has 186 valence electrons. The average molecular weight is 472 g/mol. The van der Waals surface area contributed by atoms with E-state index in [9.17, 15) is 40.5 Å². The Morgan fingerprint density at radius 3 is 2.15 bits per heavy atom. The third-order valence-electron chi connectivity index (χ3n) is 6.25. The number of aliphatic hydroxyl groups excluding tert-OH is 7. The Morgan fingerprint density at radius 2 is 1.52 bits per heavy atom. The minimum atomic E-state index is -1.60. The second-order valence-corrected chi connectivity index (χ2v) is 8.40. The van der Waals surface area contributed by atoms with Crippen LogP contribution in [0.5, 0.6) is 5.75 Å². The van der Waals surface area contributed by atoms with Crippen LogP contribution in [0.4, 0.5) is 0 Å². The lowest BCUT2D eigenvalue weighted by Gasteiger charge is -2.46. The van der Waals surface area contributed by atoms with Crippen LogP contribution in [0.1, 0.15) is 30.1 Å². The van der Waals surface area contributed by atoms with Gasteiger partial charge in [0.15, 0.2) is 5.78 Å². The number of ketones is 1. The molecule has 0 amide bonds. The third kappa shape index (κ3) is 5.53. The van der Waals surface area contributed by atoms with Crippen molar-refractivity contribution in [1.82, 2.24) is 0 Å². The fourth-order valence-electron chi connectivity index (χ4n) is 4.26. The van der Waals surface area contributed by atoms with E-state index in [4.69, 9.17) is 14.2 Å². The third-order valence-corrected chi connectivity index (χ3v) is 6.25. The Labute approximate surface area is 190 Å². The van der Waals surface area contributed by atoms with Crippen molar-refractivity contribution in [2.45, 2.75) is 74.9 Å². The first-order valence-electron chi connectivity index (χ1n) is 10.9. The quantitative estimate of drug-likeness (QED) is 0.206. The summed E-state index contributed by atoms with van der Waals surface area (Å²) in [4.78, 5) is 12.0. The predicted octanol–water partition coefficient (Wildman–Crippen LogP) is -2.05. The second-order valence-electron chi connectivity index (χ2n) is 8.40. The van der Waals surface area contributed by atoms with Gasteiger partial charge in [0.25, 0.3) is 0 Å². The van der Waals surface area contributed by atoms with Gasteiger partial charge in [-0.1, -0.05) is 19.1 Å². The Hall–Kier alpha value is -1.67. The van der Waals surface area contributed by atoms with Crippen LogP contribution in [-0.4, -0.2) is 110 Å². The standard InChI is InChI=1S/C22H32O11/c1-2-13(25)10-4-3-5-11(6-10)31-22-18(27)12(17(26)15(8-23)33-22)7-14-19(28)21(30)20(29)16(9-24)32-14/h3-6,12,14-24,26-30H,2,7-9H2,1H3/t12-,14+,15+,16+,17-,18-,19+,20+,21+,22-/m0/s1. The first kappa shape index (κ1) is 25.9. The fraction of sp³-hybridized carbons (Fsp3) is 0.682. The highest BCUT2D eigenvalue weighted by Crippen LogP contribution is 2.34. The predicted molar refractivity (Wildman–Crippen MR) is 111 cm³/mol. The number of hydrogen-bond donors (Lipinski definition) is 7. The van der Waals surface area contributed by atoms with Gasteiger partial charge in [-0.25, -0.2) is 0 Å². The lowest BCUT2D eigenvalue weighted by atomic mass is 9.81. The molecule has 1 aromatic rings. The van der Waals surface area contributed by atoms with Gasteiger partial charge in [0.05, 0.1) is 25.4 Å². The van der Waals surface area contributed by atoms with Crippen molar-refractivity contribution in [3.8, 4) is 5.75 Å². The van der Waals surface area contributed by atoms with Crippen molar-refractivity contribution in [3.63, 3.8) is 0 Å². The van der Waals surface area contributed by atoms with Gasteiger partial charge in [0, 0.05) is 17.9 Å². The number of benzene rings is 1. The van der Waals surface area contributed by atoms with Gasteiger partial charge in [0.1, 0.15) is 42.4 Å². The summed E-state index contributed by atoms with van der Waals surface area (Å²) in [6.07, 6.45) is -12.1. The first-order chi connectivity index (χ1) is 15.7. The summed E-state index contributed by atoms with van der Waals surface area (Å²) >= 11 is 0. The number of hydrogen-bond acceptors (Lipinski definition) is 11. The first-order valence-corrected chi connectivity index (χ1v) is 10.9. The summed E-state index contributed by atoms with van der Waals surface area (Å²) in [5.41, 5.74) is 0.414. The molecule has 2 aliphatic heterocycles. The summed E-state index contributed by atoms with van der Waals surface area (Å²) in [7, 11) is 0. The van der Waals surface area contributed by atoms with E-state index in [1.165, 1.54) is 6.07 Å². The van der Waals surface area contributed by atoms with Crippen molar-refractivity contribution >= 4 is 5.78 Å². The van der Waals surface area contributed by atoms with Crippen molar-refractivity contribution < 1.29 is 54.8 Å². The number of carbonyl (C=O) groups is 1. The topological polar surface area (TPSA) is 186 Å². The zero-order chi connectivity index (χ0) is 24.3. The molecule has 0 bridgehead atoms. The van der Waals surface area contributed by atoms with Crippen LogP contribution in [0, 0.1) is 5.92 Å². The van der Waals surface area contributed by atoms with Gasteiger partial charge in [-0.15, -0.1) is 0 Å². The molecule has 10 atom stereocenters. The molecule has 2 heterocycles. The lowest BCUT2D eigenvalue weighted by Crippen LogP contribution is -2.62. The van der Waals surface area contributed by atoms with E-state index in [1.54, 1.807) is 25.1 Å². The van der Waals surface area contributed by atoms with E-state index in [-0.39, 0.29) is 18.0 Å². The maximum atomic E-state index is 12.0. The summed E-state index contributed by atoms with van der Waals surface area (Å²) in [6.45, 7) is 0.520. The van der Waals surface area contributed by atoms with Gasteiger partial charge in [0.2, 0.25) is 6.29 Å². The van der Waals surface area contributed by atoms with E-state index in [0.29, 0.717) is 12.0 Å². The number of ether oxygens (including phenoxy) is 3. The van der Waals surface area contributed by atoms with Crippen LogP contribution in [-0.2, 0) is 9.47 Å². The molecule has 2 fully saturated rings. The van der Waals surface area contributed by atoms with Gasteiger partial charge < -0.3 is 50.0 Å². The van der Waals surface area contributed by atoms with Crippen LogP contribution in [0.25, 0.3) is 0 Å². The lowest BCUT2D eigenvalue weighted by molar-refractivity contribution is -0.278. The van der Waals surface area contributed by atoms with Gasteiger partial charge in [-0.05, 0) is 18.6 Å². The molecule has 11 heteroatoms. The molecule has 7 N–H and O–H groups in total. The smallest absolute Gasteiger partial charge is 0.226 e. The van der Waals surface area contributed by atoms with Crippen molar-refractivity contribution in [2.24, 2.45) is 5.92 Å². The Balaban J connectivity index is 1.78. The summed E-state index contributed by atoms with van der Waals surface area (Å²) in [6, 6.07) is 6.29. The molecule has 0 aliphatic carbocycles. The normalized spacial score (nSPS) is 39.3. The number of rotatable bonds is 8. The average Bonchev–Trinajstić information content (AvgIpc) is 2.83. The molecule has 0 radical (unpaired) electrons. The SMILES string of the molecule is CCC(=O)c1cccc(O[C@H]2O[C@H](CO)[C@@H](O)[C@H](C[C@H]3O[C@H](CO)[C@@H](O)[C@H](O)[C@@H]3O)[C@@H]2O)c1. The van der Waals surface area contributed by atoms with Crippen LogP contribution in [0.3, 0.4) is 0 Å². The van der Waals surface area contributed by atoms with Gasteiger partial charge in [-0.3, -0.25) is 4.79 Å². The highest BCUT2D eigenvalue weighted by Gasteiger charge is 2.50. The molecule has 11 nitrogen and oxygen atoms in total. The highest BCUT2D eigenvalue weighted by molar-refractivity contribution is 5.96. The van der Waals surface area contributed by atoms with Crippen molar-refractivity contribution in [3.05, 3.63) is 29.8 Å². The number of aliphatic hydroxyl groups is 7. The molecule has 2 saturated heterocycles. The monoisotopic (exact) mass is 472 g/mol. The largest absolute Gasteiger partial charge is 0.462 e. The second kappa shape index (κ2) is 11.2. The molecular formula is C22H32O11. The van der Waals surface area contributed by atoms with Crippen molar-refractivity contribution in [2.75, 3.05) is 13.2 Å².